The van der Waals surface area contributed by atoms with Gasteiger partial charge in [-0.1, -0.05) is 13.8 Å². The number of benzene rings is 1. The van der Waals surface area contributed by atoms with Gasteiger partial charge in [0, 0.05) is 18.5 Å². The number of ether oxygens (including phenoxy) is 1. The number of aliphatic carboxylic acids is 1. The number of carbonyl (C=O) groups excluding carboxylic acids is 1. The maximum absolute atomic E-state index is 14.9. The molecular weight excluding hydrogens is 397 g/mol. The first-order valence-electron chi connectivity index (χ1n) is 11.6. The Kier molecular flexibility index (Phi) is 6.01. The van der Waals surface area contributed by atoms with E-state index in [4.69, 9.17) is 9.84 Å². The highest BCUT2D eigenvalue weighted by molar-refractivity contribution is 5.96. The quantitative estimate of drug-likeness (QED) is 0.653. The van der Waals surface area contributed by atoms with Gasteiger partial charge in [0.1, 0.15) is 18.1 Å². The molecule has 3 saturated carbocycles. The van der Waals surface area contributed by atoms with E-state index in [2.05, 4.69) is 13.8 Å². The van der Waals surface area contributed by atoms with Crippen molar-refractivity contribution in [2.24, 2.45) is 23.2 Å². The molecule has 3 aliphatic carbocycles. The van der Waals surface area contributed by atoms with Crippen LogP contribution in [0.15, 0.2) is 12.1 Å². The number of carboxylic acids is 1. The van der Waals surface area contributed by atoms with Gasteiger partial charge in [0.15, 0.2) is 0 Å². The van der Waals surface area contributed by atoms with Crippen LogP contribution in [0, 0.1) is 29.0 Å². The van der Waals surface area contributed by atoms with E-state index in [-0.39, 0.29) is 16.9 Å². The Hall–Kier alpha value is -2.11. The van der Waals surface area contributed by atoms with Crippen molar-refractivity contribution in [1.82, 2.24) is 4.90 Å². The van der Waals surface area contributed by atoms with Crippen molar-refractivity contribution >= 4 is 11.9 Å². The summed E-state index contributed by atoms with van der Waals surface area (Å²) in [5, 5.41) is 8.93. The SMILES string of the molecule is CC1CC2CC(C1)CC(C)(COc1cc(F)c(C(=O)N(C)CC(=O)O)cc1C1CC1)C2. The maximum atomic E-state index is 14.9. The molecule has 31 heavy (non-hydrogen) atoms. The molecule has 170 valence electrons. The fraction of sp³-hybridized carbons (Fsp3) is 0.680. The van der Waals surface area contributed by atoms with Crippen molar-refractivity contribution in [2.75, 3.05) is 20.2 Å². The summed E-state index contributed by atoms with van der Waals surface area (Å²) in [6, 6.07) is 2.92. The number of hydrogen-bond donors (Lipinski definition) is 1. The van der Waals surface area contributed by atoms with Crippen LogP contribution in [0.2, 0.25) is 0 Å². The summed E-state index contributed by atoms with van der Waals surface area (Å²) in [4.78, 5) is 24.5. The molecule has 2 atom stereocenters. The lowest BCUT2D eigenvalue weighted by Gasteiger charge is -2.47. The van der Waals surface area contributed by atoms with Crippen molar-refractivity contribution in [1.29, 1.82) is 0 Å². The molecule has 1 aromatic carbocycles. The largest absolute Gasteiger partial charge is 0.493 e. The van der Waals surface area contributed by atoms with Crippen LogP contribution in [0.25, 0.3) is 0 Å². The zero-order valence-electron chi connectivity index (χ0n) is 18.8. The molecule has 0 aromatic heterocycles. The van der Waals surface area contributed by atoms with E-state index in [9.17, 15) is 14.0 Å². The third-order valence-corrected chi connectivity index (χ3v) is 7.34. The van der Waals surface area contributed by atoms with Gasteiger partial charge in [0.2, 0.25) is 0 Å². The molecule has 0 aliphatic heterocycles. The molecule has 0 spiro atoms. The number of halogens is 1. The van der Waals surface area contributed by atoms with Crippen LogP contribution in [0.1, 0.15) is 80.6 Å². The van der Waals surface area contributed by atoms with E-state index in [1.165, 1.54) is 32.4 Å². The Morgan fingerprint density at radius 2 is 1.84 bits per heavy atom. The molecule has 1 N–H and O–H groups in total. The predicted octanol–water partition coefficient (Wildman–Crippen LogP) is 5.09. The summed E-state index contributed by atoms with van der Waals surface area (Å²) < 4.78 is 21.1. The van der Waals surface area contributed by atoms with Crippen molar-refractivity contribution in [3.8, 4) is 5.75 Å². The molecule has 4 rings (SSSR count). The highest BCUT2D eigenvalue weighted by atomic mass is 19.1. The fourth-order valence-corrected chi connectivity index (χ4v) is 6.13. The zero-order valence-corrected chi connectivity index (χ0v) is 18.8. The first kappa shape index (κ1) is 22.1. The number of hydrogen-bond acceptors (Lipinski definition) is 3. The van der Waals surface area contributed by atoms with Gasteiger partial charge in [-0.15, -0.1) is 0 Å². The molecule has 1 aromatic rings. The van der Waals surface area contributed by atoms with Crippen molar-refractivity contribution in [3.63, 3.8) is 0 Å². The Morgan fingerprint density at radius 1 is 1.19 bits per heavy atom. The lowest BCUT2D eigenvalue weighted by atomic mass is 9.60. The monoisotopic (exact) mass is 431 g/mol. The van der Waals surface area contributed by atoms with Crippen LogP contribution >= 0.6 is 0 Å². The molecular formula is C25H34FNO4. The number of rotatable bonds is 7. The summed E-state index contributed by atoms with van der Waals surface area (Å²) in [7, 11) is 1.37. The third kappa shape index (κ3) is 5.04. The number of nitrogens with zero attached hydrogens (tertiary/aromatic N) is 1. The van der Waals surface area contributed by atoms with Crippen LogP contribution in [0.4, 0.5) is 4.39 Å². The zero-order chi connectivity index (χ0) is 22.3. The van der Waals surface area contributed by atoms with Gasteiger partial charge in [0.05, 0.1) is 12.2 Å². The van der Waals surface area contributed by atoms with Gasteiger partial charge in [-0.05, 0) is 80.2 Å². The van der Waals surface area contributed by atoms with Gasteiger partial charge in [-0.3, -0.25) is 9.59 Å². The molecule has 3 aliphatic rings. The number of amides is 1. The van der Waals surface area contributed by atoms with Crippen LogP contribution in [0.3, 0.4) is 0 Å². The third-order valence-electron chi connectivity index (χ3n) is 7.34. The Labute approximate surface area is 184 Å². The lowest BCUT2D eigenvalue weighted by molar-refractivity contribution is -0.137. The molecule has 2 bridgehead atoms. The second-order valence-corrected chi connectivity index (χ2v) is 10.8. The highest BCUT2D eigenvalue weighted by Crippen LogP contribution is 2.51. The maximum Gasteiger partial charge on any atom is 0.323 e. The predicted molar refractivity (Wildman–Crippen MR) is 116 cm³/mol. The van der Waals surface area contributed by atoms with Gasteiger partial charge < -0.3 is 14.7 Å². The van der Waals surface area contributed by atoms with Crippen molar-refractivity contribution in [2.45, 2.75) is 64.7 Å². The molecule has 5 nitrogen and oxygen atoms in total. The second-order valence-electron chi connectivity index (χ2n) is 10.8. The molecule has 6 heteroatoms. The number of likely N-dealkylation sites (N-methyl/N-ethyl adjacent to an activating group) is 1. The minimum atomic E-state index is -1.13. The van der Waals surface area contributed by atoms with Crippen LogP contribution in [-0.4, -0.2) is 42.1 Å². The minimum Gasteiger partial charge on any atom is -0.493 e. The summed E-state index contributed by atoms with van der Waals surface area (Å²) >= 11 is 0. The van der Waals surface area contributed by atoms with Gasteiger partial charge >= 0.3 is 5.97 Å². The summed E-state index contributed by atoms with van der Waals surface area (Å²) in [5.41, 5.74) is 0.897. The average molecular weight is 432 g/mol. The van der Waals surface area contributed by atoms with E-state index < -0.39 is 24.2 Å². The lowest BCUT2D eigenvalue weighted by Crippen LogP contribution is -2.39. The smallest absolute Gasteiger partial charge is 0.323 e. The van der Waals surface area contributed by atoms with E-state index in [1.54, 1.807) is 6.07 Å². The highest BCUT2D eigenvalue weighted by Gasteiger charge is 2.41. The first-order chi connectivity index (χ1) is 14.6. The van der Waals surface area contributed by atoms with E-state index >= 15 is 0 Å². The molecule has 0 saturated heterocycles. The molecule has 2 unspecified atom stereocenters. The average Bonchev–Trinajstić information content (AvgIpc) is 3.49. The van der Waals surface area contributed by atoms with E-state index in [1.807, 2.05) is 0 Å². The molecule has 1 amide bonds. The van der Waals surface area contributed by atoms with Crippen LogP contribution in [-0.2, 0) is 4.79 Å². The summed E-state index contributed by atoms with van der Waals surface area (Å²) in [5.74, 6) is 0.776. The van der Waals surface area contributed by atoms with Crippen LogP contribution < -0.4 is 4.74 Å². The summed E-state index contributed by atoms with van der Waals surface area (Å²) in [6.07, 6.45) is 8.25. The van der Waals surface area contributed by atoms with Crippen molar-refractivity contribution in [3.05, 3.63) is 29.1 Å². The van der Waals surface area contributed by atoms with E-state index in [0.29, 0.717) is 12.4 Å². The van der Waals surface area contributed by atoms with Crippen LogP contribution in [0.5, 0.6) is 5.75 Å². The summed E-state index contributed by atoms with van der Waals surface area (Å²) in [6.45, 7) is 4.77. The normalized spacial score (nSPS) is 30.0. The minimum absolute atomic E-state index is 0.0783. The molecule has 0 radical (unpaired) electrons. The van der Waals surface area contributed by atoms with Crippen molar-refractivity contribution < 1.29 is 23.8 Å². The molecule has 3 fully saturated rings. The molecule has 0 heterocycles. The Morgan fingerprint density at radius 3 is 2.42 bits per heavy atom. The van der Waals surface area contributed by atoms with E-state index in [0.717, 1.165) is 53.9 Å². The second kappa shape index (κ2) is 8.44. The standard InChI is InChI=1S/C25H34FNO4/c1-15-6-16-8-17(7-15)12-25(2,11-16)14-31-22-10-21(26)20(9-19(22)18-4-5-18)24(30)27(3)13-23(28)29/h9-10,15-18H,4-8,11-14H2,1-3H3,(H,28,29). The Balaban J connectivity index is 1.50. The fourth-order valence-electron chi connectivity index (χ4n) is 6.13. The van der Waals surface area contributed by atoms with Gasteiger partial charge in [0.25, 0.3) is 5.91 Å². The Bertz CT molecular complexity index is 847. The number of fused-ring (bicyclic) bond motifs is 2. The first-order valence-corrected chi connectivity index (χ1v) is 11.6. The van der Waals surface area contributed by atoms with Gasteiger partial charge in [-0.25, -0.2) is 4.39 Å². The van der Waals surface area contributed by atoms with Gasteiger partial charge in [-0.2, -0.15) is 0 Å². The topological polar surface area (TPSA) is 66.8 Å². The number of carboxylic acid groups (broad SMARTS) is 1. The number of carbonyl (C=O) groups is 2.